The van der Waals surface area contributed by atoms with Crippen LogP contribution >= 0.6 is 717 Å². The Bertz CT molecular complexity index is 1970. The van der Waals surface area contributed by atoms with Crippen molar-refractivity contribution in [3.63, 3.8) is 0 Å². The number of rotatable bonds is 22. The molecule has 0 radical (unpaired) electrons. The van der Waals surface area contributed by atoms with Gasteiger partial charge >= 0.3 is 0 Å². The first-order chi connectivity index (χ1) is 29.7. The van der Waals surface area contributed by atoms with Crippen molar-refractivity contribution in [2.75, 3.05) is 0 Å². The first-order valence-corrected chi connectivity index (χ1v) is 51.1. The fraction of sp³-hybridized carbons (Fsp3) is 1.00. The summed E-state index contributed by atoms with van der Waals surface area (Å²) < 4.78 is -2.61. The molecule has 71 heavy (non-hydrogen) atoms. The molecule has 3 nitrogen and oxygen atoms in total. The van der Waals surface area contributed by atoms with Crippen LogP contribution in [0, 0.1) is 0 Å². The molecule has 0 aliphatic heterocycles. The lowest BCUT2D eigenvalue weighted by molar-refractivity contribution is 0.247. The molecule has 0 spiro atoms. The number of hydrogen-bond donors (Lipinski definition) is 0. The van der Waals surface area contributed by atoms with Crippen molar-refractivity contribution >= 4 is 728 Å². The van der Waals surface area contributed by atoms with Crippen molar-refractivity contribution < 1.29 is 12.9 Å². The molecule has 0 fully saturated rings. The molecule has 0 aliphatic rings. The molecule has 428 valence electrons. The molecule has 0 aromatic carbocycles. The molecular weight excluding hydrogens is 3940 g/mol. The van der Waals surface area contributed by atoms with Crippen molar-refractivity contribution in [2.24, 2.45) is 0 Å². The van der Waals surface area contributed by atoms with Gasteiger partial charge in [0.25, 0.3) is 0 Å². The number of halogens is 45. The summed E-state index contributed by atoms with van der Waals surface area (Å²) in [6, 6.07) is 0. The Hall–Kier alpha value is 21.7. The van der Waals surface area contributed by atoms with E-state index in [9.17, 15) is 8.76 Å². The molecule has 0 N–H and O–H groups in total. The minimum atomic E-state index is -3.00. The molecule has 0 saturated carbocycles. The number of hydrogen-bond acceptors (Lipinski definition) is 3. The van der Waals surface area contributed by atoms with E-state index in [1.54, 1.807) is 0 Å². The van der Waals surface area contributed by atoms with E-state index >= 15 is 0 Å². The summed E-state index contributed by atoms with van der Waals surface area (Å²) in [5.74, 6) is 0. The standard InChI is InChI=1S/C22HBr45O3S/c23-1(24,3(27,28)5(31,32)7(35,36)9(39,40)11(43,44)13(47,48)15(51,52)17(55,56)19(59,60)21(63,64)65)2(25,26)4(29,30)6(33,34)8(37,38)10(41,42)12(45,46)14(49,50)16(53,54)18(57,58)20(61,62)22(66,67)70-71(68)69/h(H,68,69)/p-1. The minimum absolute atomic E-state index is 0.955. The lowest BCUT2D eigenvalue weighted by Gasteiger charge is -2.63. The van der Waals surface area contributed by atoms with Gasteiger partial charge in [0.1, 0.15) is 61.4 Å². The highest BCUT2D eigenvalue weighted by Crippen LogP contribution is 2.85. The molecular formula is C22Br45O3S-. The van der Waals surface area contributed by atoms with Crippen LogP contribution in [0.15, 0.2) is 0 Å². The fourth-order valence-corrected chi connectivity index (χ4v) is 51.2. The van der Waals surface area contributed by atoms with Gasteiger partial charge in [-0.3, -0.25) is 4.18 Å². The van der Waals surface area contributed by atoms with Crippen molar-refractivity contribution in [1.82, 2.24) is 0 Å². The lowest BCUT2D eigenvalue weighted by Crippen LogP contribution is -2.74. The van der Waals surface area contributed by atoms with Gasteiger partial charge < -0.3 is 4.55 Å². The van der Waals surface area contributed by atoms with E-state index in [0.717, 1.165) is 0 Å². The van der Waals surface area contributed by atoms with Crippen LogP contribution in [0.4, 0.5) is 0 Å². The quantitative estimate of drug-likeness (QED) is 0.0802. The van der Waals surface area contributed by atoms with Crippen molar-refractivity contribution in [3.8, 4) is 0 Å². The van der Waals surface area contributed by atoms with Crippen LogP contribution in [0.25, 0.3) is 0 Å². The summed E-state index contributed by atoms with van der Waals surface area (Å²) in [6.45, 7) is 0. The van der Waals surface area contributed by atoms with Gasteiger partial charge in [-0.2, -0.15) is 0 Å². The summed E-state index contributed by atoms with van der Waals surface area (Å²) in [5, 5.41) is 0. The van der Waals surface area contributed by atoms with Gasteiger partial charge in [-0.25, -0.2) is 4.21 Å². The molecule has 49 heteroatoms. The van der Waals surface area contributed by atoms with E-state index < -0.39 is 81.6 Å². The maximum atomic E-state index is 11.8. The van der Waals surface area contributed by atoms with Gasteiger partial charge in [0.2, 0.25) is 3.42 Å². The predicted octanol–water partition coefficient (Wildman–Crippen LogP) is 32.8. The Morgan fingerprint density at radius 1 is 0.197 bits per heavy atom. The second-order valence-corrected chi connectivity index (χ2v) is 92.3. The van der Waals surface area contributed by atoms with Crippen molar-refractivity contribution in [3.05, 3.63) is 0 Å². The topological polar surface area (TPSA) is 49.4 Å². The first kappa shape index (κ1) is 92.7. The highest BCUT2D eigenvalue weighted by molar-refractivity contribution is 9.43. The van der Waals surface area contributed by atoms with Crippen LogP contribution in [-0.4, -0.2) is 79.0 Å². The SMILES string of the molecule is O=S([O-])OC(Br)(Br)C(Br)(Br)C(Br)(Br)C(Br)(Br)C(Br)(Br)C(Br)(Br)C(Br)(Br)C(Br)(Br)C(Br)(Br)C(Br)(Br)C(Br)(Br)C(Br)(Br)C(Br)(Br)C(Br)(Br)C(Br)(Br)C(Br)(Br)C(Br)(Br)C(Br)(Br)C(Br)(Br)C(Br)(Br)C(Br)(Br)C(Br)(Br)Br. The van der Waals surface area contributed by atoms with E-state index in [1.165, 1.54) is 0 Å². The monoisotopic (exact) mass is 3900 g/mol. The zero-order valence-corrected chi connectivity index (χ0v) is 102. The molecule has 0 bridgehead atoms. The Kier molecular flexibility index (Phi) is 39.6. The summed E-state index contributed by atoms with van der Waals surface area (Å²) in [6.07, 6.45) is 0. The number of alkyl halides is 45. The highest BCUT2D eigenvalue weighted by atomic mass is 80.0. The van der Waals surface area contributed by atoms with Crippen LogP contribution < -0.4 is 0 Å². The average Bonchev–Trinajstić information content (AvgIpc) is 3.11. The zero-order valence-electron chi connectivity index (χ0n) is 29.6. The summed E-state index contributed by atoms with van der Waals surface area (Å²) in [4.78, 5) is 0. The van der Waals surface area contributed by atoms with Crippen LogP contribution in [0.2, 0.25) is 0 Å². The molecule has 0 saturated heterocycles. The molecule has 0 amide bonds. The smallest absolute Gasteiger partial charge is 0.219 e. The zero-order chi connectivity index (χ0) is 59.3. The molecule has 1 atom stereocenters. The summed E-state index contributed by atoms with van der Waals surface area (Å²) >= 11 is 173. The summed E-state index contributed by atoms with van der Waals surface area (Å²) in [5.41, 5.74) is 0. The largest absolute Gasteiger partial charge is 0.750 e. The van der Waals surface area contributed by atoms with E-state index in [1.807, 2.05) is 0 Å². The molecule has 0 aliphatic carbocycles. The molecule has 0 rings (SSSR count). The van der Waals surface area contributed by atoms with Gasteiger partial charge in [0.05, 0.1) is 11.4 Å². The predicted molar refractivity (Wildman–Crippen MR) is 472 cm³/mol. The highest BCUT2D eigenvalue weighted by Gasteiger charge is 2.86. The van der Waals surface area contributed by atoms with E-state index in [0.29, 0.717) is 0 Å². The van der Waals surface area contributed by atoms with E-state index in [-0.39, 0.29) is 0 Å². The van der Waals surface area contributed by atoms with Crippen molar-refractivity contribution in [1.29, 1.82) is 0 Å². The Morgan fingerprint density at radius 2 is 0.296 bits per heavy atom. The second kappa shape index (κ2) is 30.3. The van der Waals surface area contributed by atoms with Gasteiger partial charge in [-0.1, -0.05) is 685 Å². The normalized spacial score (nSPS) is 17.8. The van der Waals surface area contributed by atoms with E-state index in [2.05, 4.69) is 717 Å². The summed E-state index contributed by atoms with van der Waals surface area (Å²) in [7, 11) is 0. The van der Waals surface area contributed by atoms with Gasteiger partial charge in [0.15, 0.2) is 5.38 Å². The molecule has 0 aromatic heterocycles. The van der Waals surface area contributed by atoms with E-state index in [4.69, 9.17) is 4.18 Å². The Morgan fingerprint density at radius 3 is 0.394 bits per heavy atom. The molecule has 0 heterocycles. The Labute approximate surface area is 790 Å². The lowest BCUT2D eigenvalue weighted by atomic mass is 10.0. The van der Waals surface area contributed by atoms with Gasteiger partial charge in [-0.05, 0) is 31.9 Å². The van der Waals surface area contributed by atoms with Crippen LogP contribution in [0.5, 0.6) is 0 Å². The first-order valence-electron chi connectivity index (χ1n) is 14.5. The minimum Gasteiger partial charge on any atom is -0.750 e. The molecule has 1 unspecified atom stereocenters. The van der Waals surface area contributed by atoms with Crippen LogP contribution in [-0.2, 0) is 15.5 Å². The Balaban J connectivity index is 8.10. The van der Waals surface area contributed by atoms with Gasteiger partial charge in [-0.15, -0.1) is 0 Å². The van der Waals surface area contributed by atoms with Gasteiger partial charge in [0, 0.05) is 0 Å². The average molecular weight is 3940 g/mol. The van der Waals surface area contributed by atoms with Crippen LogP contribution in [0.3, 0.4) is 0 Å². The maximum absolute atomic E-state index is 11.8. The van der Waals surface area contributed by atoms with Crippen LogP contribution in [0.1, 0.15) is 0 Å². The van der Waals surface area contributed by atoms with Crippen molar-refractivity contribution in [2.45, 2.75) is 70.2 Å². The maximum Gasteiger partial charge on any atom is 0.219 e. The third kappa shape index (κ3) is 15.8. The third-order valence-electron chi connectivity index (χ3n) is 8.39. The molecule has 0 aromatic rings. The second-order valence-electron chi connectivity index (χ2n) is 12.8. The fourth-order valence-electron chi connectivity index (χ4n) is 4.05. The third-order valence-corrected chi connectivity index (χ3v) is 106.